The Kier molecular flexibility index (Phi) is 3.24. The van der Waals surface area contributed by atoms with Crippen molar-refractivity contribution in [1.29, 1.82) is 5.26 Å². The summed E-state index contributed by atoms with van der Waals surface area (Å²) in [5, 5.41) is 8.95. The summed E-state index contributed by atoms with van der Waals surface area (Å²) in [6, 6.07) is 9.84. The van der Waals surface area contributed by atoms with Crippen LogP contribution < -0.4 is 4.74 Å². The van der Waals surface area contributed by atoms with E-state index in [0.29, 0.717) is 5.56 Å². The molecule has 2 aromatic rings. The second-order valence-corrected chi connectivity index (χ2v) is 3.82. The number of nitrogens with zero attached hydrogens (tertiary/aromatic N) is 1. The van der Waals surface area contributed by atoms with Crippen LogP contribution in [0.25, 0.3) is 0 Å². The van der Waals surface area contributed by atoms with Gasteiger partial charge in [-0.25, -0.2) is 8.78 Å². The zero-order valence-electron chi connectivity index (χ0n) is 9.58. The standard InChI is InChI=1S/C14H9F2NO/c1-9-2-3-14(10(4-9)8-17)18-13-6-11(15)5-12(16)7-13/h2-7H,1H3. The smallest absolute Gasteiger partial charge is 0.145 e. The molecule has 0 aliphatic rings. The highest BCUT2D eigenvalue weighted by atomic mass is 19.1. The lowest BCUT2D eigenvalue weighted by Gasteiger charge is -2.08. The van der Waals surface area contributed by atoms with E-state index >= 15 is 0 Å². The molecule has 90 valence electrons. The van der Waals surface area contributed by atoms with Crippen molar-refractivity contribution in [2.45, 2.75) is 6.92 Å². The second-order valence-electron chi connectivity index (χ2n) is 3.82. The number of rotatable bonds is 2. The molecule has 0 heterocycles. The molecule has 0 saturated heterocycles. The molecule has 0 aromatic heterocycles. The molecular weight excluding hydrogens is 236 g/mol. The first-order chi connectivity index (χ1) is 8.58. The third-order valence-electron chi connectivity index (χ3n) is 2.32. The van der Waals surface area contributed by atoms with E-state index in [-0.39, 0.29) is 11.5 Å². The molecule has 0 aliphatic carbocycles. The molecule has 2 rings (SSSR count). The highest BCUT2D eigenvalue weighted by molar-refractivity contribution is 5.47. The summed E-state index contributed by atoms with van der Waals surface area (Å²) in [6.07, 6.45) is 0. The lowest BCUT2D eigenvalue weighted by atomic mass is 10.1. The maximum atomic E-state index is 13.0. The van der Waals surface area contributed by atoms with Crippen molar-refractivity contribution < 1.29 is 13.5 Å². The van der Waals surface area contributed by atoms with Crippen LogP contribution in [0.4, 0.5) is 8.78 Å². The first-order valence-electron chi connectivity index (χ1n) is 5.23. The Bertz CT molecular complexity index is 612. The molecule has 0 unspecified atom stereocenters. The largest absolute Gasteiger partial charge is 0.456 e. The van der Waals surface area contributed by atoms with Gasteiger partial charge in [0, 0.05) is 18.2 Å². The van der Waals surface area contributed by atoms with Gasteiger partial charge < -0.3 is 4.74 Å². The normalized spacial score (nSPS) is 9.89. The van der Waals surface area contributed by atoms with E-state index in [1.54, 1.807) is 18.2 Å². The lowest BCUT2D eigenvalue weighted by Crippen LogP contribution is -1.91. The fourth-order valence-corrected chi connectivity index (χ4v) is 1.53. The van der Waals surface area contributed by atoms with Crippen molar-refractivity contribution in [3.63, 3.8) is 0 Å². The Morgan fingerprint density at radius 1 is 1.06 bits per heavy atom. The van der Waals surface area contributed by atoms with E-state index in [0.717, 1.165) is 23.8 Å². The molecule has 18 heavy (non-hydrogen) atoms. The van der Waals surface area contributed by atoms with E-state index in [2.05, 4.69) is 0 Å². The van der Waals surface area contributed by atoms with Crippen molar-refractivity contribution in [1.82, 2.24) is 0 Å². The van der Waals surface area contributed by atoms with Gasteiger partial charge in [-0.05, 0) is 24.6 Å². The molecule has 0 bridgehead atoms. The molecule has 0 atom stereocenters. The average molecular weight is 245 g/mol. The third kappa shape index (κ3) is 2.64. The van der Waals surface area contributed by atoms with Crippen LogP contribution in [0.15, 0.2) is 36.4 Å². The highest BCUT2D eigenvalue weighted by Gasteiger charge is 2.07. The summed E-state index contributed by atoms with van der Waals surface area (Å²) in [5.74, 6) is -1.16. The van der Waals surface area contributed by atoms with E-state index < -0.39 is 11.6 Å². The van der Waals surface area contributed by atoms with Gasteiger partial charge in [0.15, 0.2) is 0 Å². The van der Waals surface area contributed by atoms with Gasteiger partial charge in [0.25, 0.3) is 0 Å². The first-order valence-corrected chi connectivity index (χ1v) is 5.23. The Labute approximate surface area is 103 Å². The fourth-order valence-electron chi connectivity index (χ4n) is 1.53. The fraction of sp³-hybridized carbons (Fsp3) is 0.0714. The van der Waals surface area contributed by atoms with Crippen molar-refractivity contribution in [2.75, 3.05) is 0 Å². The van der Waals surface area contributed by atoms with E-state index in [1.807, 2.05) is 13.0 Å². The number of benzene rings is 2. The molecule has 0 aliphatic heterocycles. The number of hydrogen-bond donors (Lipinski definition) is 0. The summed E-state index contributed by atoms with van der Waals surface area (Å²) in [5.41, 5.74) is 1.23. The molecule has 0 saturated carbocycles. The quantitative estimate of drug-likeness (QED) is 0.802. The number of aryl methyl sites for hydroxylation is 1. The van der Waals surface area contributed by atoms with Crippen LogP contribution in [0.3, 0.4) is 0 Å². The minimum Gasteiger partial charge on any atom is -0.456 e. The van der Waals surface area contributed by atoms with Gasteiger partial charge in [-0.1, -0.05) is 6.07 Å². The minimum absolute atomic E-state index is 0.0212. The zero-order chi connectivity index (χ0) is 13.1. The van der Waals surface area contributed by atoms with Gasteiger partial charge in [-0.2, -0.15) is 5.26 Å². The molecule has 4 heteroatoms. The van der Waals surface area contributed by atoms with Gasteiger partial charge in [-0.3, -0.25) is 0 Å². The first kappa shape index (κ1) is 12.1. The maximum absolute atomic E-state index is 13.0. The van der Waals surface area contributed by atoms with Crippen molar-refractivity contribution >= 4 is 0 Å². The summed E-state index contributed by atoms with van der Waals surface area (Å²) in [4.78, 5) is 0. The third-order valence-corrected chi connectivity index (χ3v) is 2.32. The van der Waals surface area contributed by atoms with Gasteiger partial charge in [0.1, 0.15) is 29.2 Å². The summed E-state index contributed by atoms with van der Waals surface area (Å²) < 4.78 is 31.3. The summed E-state index contributed by atoms with van der Waals surface area (Å²) in [7, 11) is 0. The molecule has 0 N–H and O–H groups in total. The van der Waals surface area contributed by atoms with E-state index in [1.165, 1.54) is 0 Å². The number of nitriles is 1. The van der Waals surface area contributed by atoms with Crippen LogP contribution >= 0.6 is 0 Å². The number of ether oxygens (including phenoxy) is 1. The van der Waals surface area contributed by atoms with Gasteiger partial charge in [0.05, 0.1) is 5.56 Å². The predicted octanol–water partition coefficient (Wildman–Crippen LogP) is 3.94. The zero-order valence-corrected chi connectivity index (χ0v) is 9.58. The molecule has 0 fully saturated rings. The van der Waals surface area contributed by atoms with Crippen molar-refractivity contribution in [2.24, 2.45) is 0 Å². The van der Waals surface area contributed by atoms with Gasteiger partial charge >= 0.3 is 0 Å². The Balaban J connectivity index is 2.37. The number of halogens is 2. The molecule has 0 amide bonds. The average Bonchev–Trinajstić information content (AvgIpc) is 2.30. The van der Waals surface area contributed by atoms with Crippen LogP contribution in [0.1, 0.15) is 11.1 Å². The lowest BCUT2D eigenvalue weighted by molar-refractivity contribution is 0.467. The van der Waals surface area contributed by atoms with Crippen LogP contribution in [0.5, 0.6) is 11.5 Å². The van der Waals surface area contributed by atoms with Crippen LogP contribution in [-0.2, 0) is 0 Å². The van der Waals surface area contributed by atoms with Crippen molar-refractivity contribution in [3.05, 3.63) is 59.2 Å². The van der Waals surface area contributed by atoms with Gasteiger partial charge in [0.2, 0.25) is 0 Å². The summed E-state index contributed by atoms with van der Waals surface area (Å²) in [6.45, 7) is 1.84. The van der Waals surface area contributed by atoms with Crippen LogP contribution in [-0.4, -0.2) is 0 Å². The molecule has 0 radical (unpaired) electrons. The second kappa shape index (κ2) is 4.84. The van der Waals surface area contributed by atoms with E-state index in [9.17, 15) is 8.78 Å². The Hall–Kier alpha value is -2.41. The van der Waals surface area contributed by atoms with Crippen molar-refractivity contribution in [3.8, 4) is 17.6 Å². The predicted molar refractivity (Wildman–Crippen MR) is 62.3 cm³/mol. The molecular formula is C14H9F2NO. The Morgan fingerprint density at radius 3 is 2.33 bits per heavy atom. The minimum atomic E-state index is -0.726. The summed E-state index contributed by atoms with van der Waals surface area (Å²) >= 11 is 0. The monoisotopic (exact) mass is 245 g/mol. The van der Waals surface area contributed by atoms with Gasteiger partial charge in [-0.15, -0.1) is 0 Å². The SMILES string of the molecule is Cc1ccc(Oc2cc(F)cc(F)c2)c(C#N)c1. The van der Waals surface area contributed by atoms with E-state index in [4.69, 9.17) is 10.00 Å². The maximum Gasteiger partial charge on any atom is 0.145 e. The highest BCUT2D eigenvalue weighted by Crippen LogP contribution is 2.26. The molecule has 0 spiro atoms. The Morgan fingerprint density at radius 2 is 1.72 bits per heavy atom. The molecule has 2 nitrogen and oxygen atoms in total. The topological polar surface area (TPSA) is 33.0 Å². The molecule has 2 aromatic carbocycles. The van der Waals surface area contributed by atoms with Crippen LogP contribution in [0, 0.1) is 29.9 Å². The number of hydrogen-bond acceptors (Lipinski definition) is 2. The van der Waals surface area contributed by atoms with Crippen LogP contribution in [0.2, 0.25) is 0 Å².